The van der Waals surface area contributed by atoms with Crippen LogP contribution in [0.3, 0.4) is 0 Å². The molecule has 0 saturated carbocycles. The van der Waals surface area contributed by atoms with Crippen LogP contribution in [0.2, 0.25) is 0 Å². The van der Waals surface area contributed by atoms with Crippen LogP contribution < -0.4 is 25.4 Å². The summed E-state index contributed by atoms with van der Waals surface area (Å²) in [6, 6.07) is 9.91. The molecule has 1 aromatic heterocycles. The van der Waals surface area contributed by atoms with Crippen molar-refractivity contribution < 1.29 is 14.3 Å². The summed E-state index contributed by atoms with van der Waals surface area (Å²) < 4.78 is 11.0. The number of carbonyl (C=O) groups excluding carboxylic acids is 1. The minimum atomic E-state index is -0.159. The van der Waals surface area contributed by atoms with E-state index in [0.29, 0.717) is 30.5 Å². The van der Waals surface area contributed by atoms with E-state index < -0.39 is 0 Å². The number of likely N-dealkylation sites (N-methyl/N-ethyl adjacent to an activating group) is 1. The smallest absolute Gasteiger partial charge is 0.257 e. The van der Waals surface area contributed by atoms with Crippen molar-refractivity contribution in [3.05, 3.63) is 46.2 Å². The number of amides is 1. The molecule has 1 aromatic carbocycles. The van der Waals surface area contributed by atoms with Crippen LogP contribution >= 0.6 is 11.3 Å². The number of guanidine groups is 1. The summed E-state index contributed by atoms with van der Waals surface area (Å²) in [5.74, 6) is 2.23. The van der Waals surface area contributed by atoms with E-state index in [1.54, 1.807) is 25.5 Å². The molecule has 0 aliphatic heterocycles. The standard InChI is InChI=1S/C22H32N4O3S/c1-5-24-21(27)15-29-19-9-8-17(12-20(19)28-4)14-26-22(23-3)25-13-16(2)11-18-7-6-10-30-18/h6-10,12,16H,5,11,13-15H2,1-4H3,(H,24,27)(H2,23,25,26). The molecule has 1 unspecified atom stereocenters. The predicted octanol–water partition coefficient (Wildman–Crippen LogP) is 2.82. The molecule has 0 spiro atoms. The van der Waals surface area contributed by atoms with E-state index in [1.807, 2.05) is 25.1 Å². The van der Waals surface area contributed by atoms with Gasteiger partial charge < -0.3 is 25.4 Å². The van der Waals surface area contributed by atoms with Gasteiger partial charge in [0, 0.05) is 31.6 Å². The highest BCUT2D eigenvalue weighted by atomic mass is 32.1. The van der Waals surface area contributed by atoms with Gasteiger partial charge in [-0.2, -0.15) is 0 Å². The number of nitrogens with one attached hydrogen (secondary N) is 3. The van der Waals surface area contributed by atoms with E-state index in [9.17, 15) is 4.79 Å². The van der Waals surface area contributed by atoms with Gasteiger partial charge in [-0.15, -0.1) is 11.3 Å². The van der Waals surface area contributed by atoms with Gasteiger partial charge in [-0.1, -0.05) is 19.1 Å². The molecular weight excluding hydrogens is 400 g/mol. The van der Waals surface area contributed by atoms with Crippen LogP contribution in [0.1, 0.15) is 24.3 Å². The summed E-state index contributed by atoms with van der Waals surface area (Å²) in [5.41, 5.74) is 1.02. The molecule has 0 aliphatic rings. The van der Waals surface area contributed by atoms with Gasteiger partial charge >= 0.3 is 0 Å². The van der Waals surface area contributed by atoms with Gasteiger partial charge in [0.25, 0.3) is 5.91 Å². The molecule has 3 N–H and O–H groups in total. The molecule has 2 aromatic rings. The van der Waals surface area contributed by atoms with Gasteiger partial charge in [0.1, 0.15) is 0 Å². The molecule has 8 heteroatoms. The highest BCUT2D eigenvalue weighted by Gasteiger charge is 2.10. The molecule has 30 heavy (non-hydrogen) atoms. The number of carbonyl (C=O) groups is 1. The third kappa shape index (κ3) is 7.94. The Kier molecular flexibility index (Phi) is 10.00. The fraction of sp³-hybridized carbons (Fsp3) is 0.455. The lowest BCUT2D eigenvalue weighted by Gasteiger charge is -2.16. The Bertz CT molecular complexity index is 809. The number of rotatable bonds is 11. The largest absolute Gasteiger partial charge is 0.493 e. The monoisotopic (exact) mass is 432 g/mol. The Balaban J connectivity index is 1.83. The lowest BCUT2D eigenvalue weighted by Crippen LogP contribution is -2.39. The van der Waals surface area contributed by atoms with E-state index in [4.69, 9.17) is 9.47 Å². The predicted molar refractivity (Wildman–Crippen MR) is 123 cm³/mol. The van der Waals surface area contributed by atoms with Crippen molar-refractivity contribution in [3.8, 4) is 11.5 Å². The normalized spacial score (nSPS) is 12.2. The van der Waals surface area contributed by atoms with Crippen molar-refractivity contribution in [2.45, 2.75) is 26.8 Å². The Labute approximate surface area is 182 Å². The lowest BCUT2D eigenvalue weighted by atomic mass is 10.1. The third-order valence-corrected chi connectivity index (χ3v) is 5.29. The molecule has 164 valence electrons. The first-order valence-corrected chi connectivity index (χ1v) is 11.0. The highest BCUT2D eigenvalue weighted by molar-refractivity contribution is 7.09. The Morgan fingerprint density at radius 2 is 2.03 bits per heavy atom. The summed E-state index contributed by atoms with van der Waals surface area (Å²) in [4.78, 5) is 17.3. The van der Waals surface area contributed by atoms with E-state index in [-0.39, 0.29) is 12.5 Å². The number of benzene rings is 1. The quantitative estimate of drug-likeness (QED) is 0.376. The first-order valence-electron chi connectivity index (χ1n) is 10.1. The summed E-state index contributed by atoms with van der Waals surface area (Å²) in [6.07, 6.45) is 1.05. The lowest BCUT2D eigenvalue weighted by molar-refractivity contribution is -0.123. The van der Waals surface area contributed by atoms with Gasteiger partial charge in [0.15, 0.2) is 24.1 Å². The third-order valence-electron chi connectivity index (χ3n) is 4.39. The molecule has 0 radical (unpaired) electrons. The number of methoxy groups -OCH3 is 1. The minimum absolute atomic E-state index is 0.0397. The molecule has 1 amide bonds. The van der Waals surface area contributed by atoms with E-state index in [1.165, 1.54) is 4.88 Å². The van der Waals surface area contributed by atoms with E-state index in [2.05, 4.69) is 45.4 Å². The van der Waals surface area contributed by atoms with E-state index in [0.717, 1.165) is 24.5 Å². The van der Waals surface area contributed by atoms with Crippen LogP contribution in [0.25, 0.3) is 0 Å². The summed E-state index contributed by atoms with van der Waals surface area (Å²) in [6.45, 7) is 6.06. The number of hydrogen-bond donors (Lipinski definition) is 3. The molecular formula is C22H32N4O3S. The number of ether oxygens (including phenoxy) is 2. The topological polar surface area (TPSA) is 84.0 Å². The number of nitrogens with zero attached hydrogens (tertiary/aromatic N) is 1. The molecule has 0 saturated heterocycles. The van der Waals surface area contributed by atoms with Crippen LogP contribution in [0.4, 0.5) is 0 Å². The average Bonchev–Trinajstić information content (AvgIpc) is 3.25. The van der Waals surface area contributed by atoms with Crippen LogP contribution in [0.15, 0.2) is 40.7 Å². The van der Waals surface area contributed by atoms with E-state index >= 15 is 0 Å². The maximum Gasteiger partial charge on any atom is 0.257 e. The molecule has 1 heterocycles. The van der Waals surface area contributed by atoms with Gasteiger partial charge in [0.05, 0.1) is 7.11 Å². The van der Waals surface area contributed by atoms with Crippen molar-refractivity contribution in [1.29, 1.82) is 0 Å². The zero-order chi connectivity index (χ0) is 21.8. The average molecular weight is 433 g/mol. The minimum Gasteiger partial charge on any atom is -0.493 e. The first kappa shape index (κ1) is 23.5. The molecule has 0 fully saturated rings. The summed E-state index contributed by atoms with van der Waals surface area (Å²) >= 11 is 1.79. The van der Waals surface area contributed by atoms with Crippen LogP contribution in [0, 0.1) is 5.92 Å². The van der Waals surface area contributed by atoms with Crippen LogP contribution in [-0.2, 0) is 17.8 Å². The Morgan fingerprint density at radius 1 is 1.20 bits per heavy atom. The molecule has 7 nitrogen and oxygen atoms in total. The number of aliphatic imine (C=N–C) groups is 1. The van der Waals surface area contributed by atoms with Crippen molar-refractivity contribution in [2.75, 3.05) is 33.9 Å². The number of thiophene rings is 1. The summed E-state index contributed by atoms with van der Waals surface area (Å²) in [5, 5.41) is 11.5. The second-order valence-corrected chi connectivity index (χ2v) is 7.95. The fourth-order valence-electron chi connectivity index (χ4n) is 2.85. The Morgan fingerprint density at radius 3 is 2.70 bits per heavy atom. The fourth-order valence-corrected chi connectivity index (χ4v) is 3.72. The maximum absolute atomic E-state index is 11.6. The highest BCUT2D eigenvalue weighted by Crippen LogP contribution is 2.28. The van der Waals surface area contributed by atoms with Crippen molar-refractivity contribution >= 4 is 23.2 Å². The number of hydrogen-bond acceptors (Lipinski definition) is 5. The summed E-state index contributed by atoms with van der Waals surface area (Å²) in [7, 11) is 3.35. The van der Waals surface area contributed by atoms with Gasteiger partial charge in [-0.25, -0.2) is 0 Å². The van der Waals surface area contributed by atoms with Gasteiger partial charge in [0.2, 0.25) is 0 Å². The maximum atomic E-state index is 11.6. The first-order chi connectivity index (χ1) is 14.5. The molecule has 0 aliphatic carbocycles. The van der Waals surface area contributed by atoms with Crippen LogP contribution in [-0.4, -0.2) is 45.7 Å². The molecule has 1 atom stereocenters. The molecule has 0 bridgehead atoms. The second-order valence-electron chi connectivity index (χ2n) is 6.92. The molecule has 2 rings (SSSR count). The zero-order valence-corrected chi connectivity index (χ0v) is 19.0. The second kappa shape index (κ2) is 12.7. The van der Waals surface area contributed by atoms with Crippen LogP contribution in [0.5, 0.6) is 11.5 Å². The van der Waals surface area contributed by atoms with Gasteiger partial charge in [-0.05, 0) is 48.4 Å². The van der Waals surface area contributed by atoms with Gasteiger partial charge in [-0.3, -0.25) is 9.79 Å². The Hall–Kier alpha value is -2.74. The van der Waals surface area contributed by atoms with Crippen molar-refractivity contribution in [3.63, 3.8) is 0 Å². The van der Waals surface area contributed by atoms with Crippen molar-refractivity contribution in [2.24, 2.45) is 10.9 Å². The zero-order valence-electron chi connectivity index (χ0n) is 18.2. The SMILES string of the molecule is CCNC(=O)COc1ccc(CNC(=NC)NCC(C)Cc2cccs2)cc1OC. The van der Waals surface area contributed by atoms with Crippen molar-refractivity contribution in [1.82, 2.24) is 16.0 Å².